The molecule has 0 amide bonds. The summed E-state index contributed by atoms with van der Waals surface area (Å²) in [5.74, 6) is 0.884. The first-order valence-electron chi connectivity index (χ1n) is 7.47. The van der Waals surface area contributed by atoms with E-state index in [2.05, 4.69) is 41.0 Å². The fraction of sp³-hybridized carbons (Fsp3) is 1.00. The van der Waals surface area contributed by atoms with Crippen LogP contribution in [-0.4, -0.2) is 87.2 Å². The second-order valence-corrected chi connectivity index (χ2v) is 6.27. The molecule has 0 aliphatic carbocycles. The lowest BCUT2D eigenvalue weighted by atomic mass is 10.1. The minimum Gasteiger partial charge on any atom is -0.314 e. The second-order valence-electron chi connectivity index (χ2n) is 6.27. The van der Waals surface area contributed by atoms with Gasteiger partial charge in [-0.1, -0.05) is 0 Å². The van der Waals surface area contributed by atoms with E-state index in [-0.39, 0.29) is 0 Å². The predicted molar refractivity (Wildman–Crippen MR) is 77.0 cm³/mol. The minimum atomic E-state index is 0.691. The normalized spacial score (nSPS) is 29.0. The molecule has 0 saturated carbocycles. The fourth-order valence-corrected chi connectivity index (χ4v) is 3.38. The van der Waals surface area contributed by atoms with Crippen molar-refractivity contribution in [3.63, 3.8) is 0 Å². The lowest BCUT2D eigenvalue weighted by Crippen LogP contribution is -2.50. The van der Waals surface area contributed by atoms with Gasteiger partial charge in [0.15, 0.2) is 0 Å². The van der Waals surface area contributed by atoms with Gasteiger partial charge in [0, 0.05) is 51.9 Å². The van der Waals surface area contributed by atoms with Crippen molar-refractivity contribution in [2.75, 3.05) is 66.5 Å². The van der Waals surface area contributed by atoms with Crippen molar-refractivity contribution in [3.05, 3.63) is 0 Å². The van der Waals surface area contributed by atoms with E-state index in [0.29, 0.717) is 6.04 Å². The Morgan fingerprint density at radius 3 is 2.61 bits per heavy atom. The van der Waals surface area contributed by atoms with Crippen LogP contribution in [0.5, 0.6) is 0 Å². The molecule has 1 N–H and O–H groups in total. The van der Waals surface area contributed by atoms with Crippen LogP contribution >= 0.6 is 0 Å². The van der Waals surface area contributed by atoms with Crippen molar-refractivity contribution in [3.8, 4) is 0 Å². The predicted octanol–water partition coefficient (Wildman–Crippen LogP) is 0.164. The van der Waals surface area contributed by atoms with E-state index in [1.807, 2.05) is 0 Å². The van der Waals surface area contributed by atoms with Gasteiger partial charge >= 0.3 is 0 Å². The van der Waals surface area contributed by atoms with Gasteiger partial charge in [0.25, 0.3) is 0 Å². The fourth-order valence-electron chi connectivity index (χ4n) is 3.38. The highest BCUT2D eigenvalue weighted by atomic mass is 15.2. The molecular formula is C14H30N4. The molecule has 0 aromatic rings. The molecule has 0 aromatic heterocycles. The first-order valence-corrected chi connectivity index (χ1v) is 7.47. The average molecular weight is 254 g/mol. The first kappa shape index (κ1) is 14.3. The number of likely N-dealkylation sites (N-methyl/N-ethyl adjacent to an activating group) is 1. The number of hydrogen-bond acceptors (Lipinski definition) is 4. The van der Waals surface area contributed by atoms with Crippen LogP contribution in [0.2, 0.25) is 0 Å². The van der Waals surface area contributed by atoms with Gasteiger partial charge in [0.2, 0.25) is 0 Å². The Morgan fingerprint density at radius 1 is 1.28 bits per heavy atom. The van der Waals surface area contributed by atoms with Gasteiger partial charge in [-0.2, -0.15) is 0 Å². The summed E-state index contributed by atoms with van der Waals surface area (Å²) in [7, 11) is 4.53. The molecule has 0 spiro atoms. The van der Waals surface area contributed by atoms with E-state index in [9.17, 15) is 0 Å². The topological polar surface area (TPSA) is 21.8 Å². The molecule has 4 heteroatoms. The Labute approximate surface area is 112 Å². The van der Waals surface area contributed by atoms with Crippen molar-refractivity contribution < 1.29 is 0 Å². The highest BCUT2D eigenvalue weighted by Gasteiger charge is 2.22. The Morgan fingerprint density at radius 2 is 2.00 bits per heavy atom. The van der Waals surface area contributed by atoms with Crippen LogP contribution in [0.1, 0.15) is 13.3 Å². The maximum absolute atomic E-state index is 3.43. The number of nitrogens with zero attached hydrogens (tertiary/aromatic N) is 3. The molecule has 2 aliphatic heterocycles. The number of piperazine rings is 1. The third-order valence-electron chi connectivity index (χ3n) is 4.41. The molecule has 2 aliphatic rings. The van der Waals surface area contributed by atoms with Crippen LogP contribution in [-0.2, 0) is 0 Å². The van der Waals surface area contributed by atoms with E-state index in [4.69, 9.17) is 0 Å². The quantitative estimate of drug-likeness (QED) is 0.755. The van der Waals surface area contributed by atoms with Gasteiger partial charge in [0.1, 0.15) is 0 Å². The van der Waals surface area contributed by atoms with Crippen molar-refractivity contribution in [1.82, 2.24) is 20.0 Å². The molecular weight excluding hydrogens is 224 g/mol. The van der Waals surface area contributed by atoms with Crippen LogP contribution in [0, 0.1) is 5.92 Å². The molecule has 2 rings (SSSR count). The van der Waals surface area contributed by atoms with Gasteiger partial charge < -0.3 is 15.1 Å². The highest BCUT2D eigenvalue weighted by molar-refractivity contribution is 4.79. The summed E-state index contributed by atoms with van der Waals surface area (Å²) in [6.45, 7) is 12.1. The smallest absolute Gasteiger partial charge is 0.0195 e. The SMILES string of the molecule is CC(CN(C)CC1CCN(C)C1)N1CCNCC1. The molecule has 2 heterocycles. The van der Waals surface area contributed by atoms with Crippen LogP contribution in [0.25, 0.3) is 0 Å². The zero-order valence-electron chi connectivity index (χ0n) is 12.4. The summed E-state index contributed by atoms with van der Waals surface area (Å²) in [4.78, 5) is 7.61. The van der Waals surface area contributed by atoms with Crippen LogP contribution in [0.15, 0.2) is 0 Å². The van der Waals surface area contributed by atoms with E-state index in [1.165, 1.54) is 45.7 Å². The van der Waals surface area contributed by atoms with Crippen molar-refractivity contribution in [2.24, 2.45) is 5.92 Å². The maximum Gasteiger partial charge on any atom is 0.0195 e. The number of nitrogens with one attached hydrogen (secondary N) is 1. The summed E-state index contributed by atoms with van der Waals surface area (Å²) in [5.41, 5.74) is 0. The molecule has 2 saturated heterocycles. The van der Waals surface area contributed by atoms with Gasteiger partial charge in [0.05, 0.1) is 0 Å². The second kappa shape index (κ2) is 6.85. The zero-order valence-corrected chi connectivity index (χ0v) is 12.4. The Bertz CT molecular complexity index is 240. The highest BCUT2D eigenvalue weighted by Crippen LogP contribution is 2.15. The number of likely N-dealkylation sites (tertiary alicyclic amines) is 1. The molecule has 2 unspecified atom stereocenters. The van der Waals surface area contributed by atoms with Crippen LogP contribution in [0.3, 0.4) is 0 Å². The molecule has 2 atom stereocenters. The molecule has 106 valence electrons. The van der Waals surface area contributed by atoms with Gasteiger partial charge in [-0.25, -0.2) is 0 Å². The van der Waals surface area contributed by atoms with E-state index in [0.717, 1.165) is 19.0 Å². The summed E-state index contributed by atoms with van der Waals surface area (Å²) in [6, 6.07) is 0.691. The van der Waals surface area contributed by atoms with E-state index < -0.39 is 0 Å². The average Bonchev–Trinajstić information content (AvgIpc) is 2.75. The lowest BCUT2D eigenvalue weighted by Gasteiger charge is -2.35. The van der Waals surface area contributed by atoms with Crippen LogP contribution in [0.4, 0.5) is 0 Å². The lowest BCUT2D eigenvalue weighted by molar-refractivity contribution is 0.139. The Kier molecular flexibility index (Phi) is 5.42. The molecule has 18 heavy (non-hydrogen) atoms. The number of hydrogen-bond donors (Lipinski definition) is 1. The molecule has 0 radical (unpaired) electrons. The largest absolute Gasteiger partial charge is 0.314 e. The van der Waals surface area contributed by atoms with Crippen molar-refractivity contribution in [1.29, 1.82) is 0 Å². The summed E-state index contributed by atoms with van der Waals surface area (Å²) in [6.07, 6.45) is 1.38. The monoisotopic (exact) mass is 254 g/mol. The Balaban J connectivity index is 1.67. The molecule has 4 nitrogen and oxygen atoms in total. The standard InChI is InChI=1S/C14H30N4/c1-13(18-8-5-15-6-9-18)10-17(3)12-14-4-7-16(2)11-14/h13-15H,4-12H2,1-3H3. The molecule has 0 aromatic carbocycles. The molecule has 0 bridgehead atoms. The summed E-state index contributed by atoms with van der Waals surface area (Å²) < 4.78 is 0. The van der Waals surface area contributed by atoms with Crippen LogP contribution < -0.4 is 5.32 Å². The zero-order chi connectivity index (χ0) is 13.0. The summed E-state index contributed by atoms with van der Waals surface area (Å²) in [5, 5.41) is 3.43. The van der Waals surface area contributed by atoms with Gasteiger partial charge in [-0.15, -0.1) is 0 Å². The van der Waals surface area contributed by atoms with Gasteiger partial charge in [-0.3, -0.25) is 4.90 Å². The Hall–Kier alpha value is -0.160. The van der Waals surface area contributed by atoms with E-state index >= 15 is 0 Å². The maximum atomic E-state index is 3.43. The van der Waals surface area contributed by atoms with E-state index in [1.54, 1.807) is 0 Å². The third kappa shape index (κ3) is 4.19. The van der Waals surface area contributed by atoms with Crippen molar-refractivity contribution >= 4 is 0 Å². The first-order chi connectivity index (χ1) is 8.65. The number of rotatable bonds is 5. The summed E-state index contributed by atoms with van der Waals surface area (Å²) >= 11 is 0. The van der Waals surface area contributed by atoms with Gasteiger partial charge in [-0.05, 0) is 39.9 Å². The molecule has 2 fully saturated rings. The third-order valence-corrected chi connectivity index (χ3v) is 4.41. The van der Waals surface area contributed by atoms with Crippen molar-refractivity contribution in [2.45, 2.75) is 19.4 Å². The minimum absolute atomic E-state index is 0.691.